The molecule has 2 N–H and O–H groups in total. The summed E-state index contributed by atoms with van der Waals surface area (Å²) in [5.74, 6) is 0.728. The van der Waals surface area contributed by atoms with Crippen LogP contribution in [0.4, 0.5) is 11.4 Å². The maximum absolute atomic E-state index is 12.3. The number of carbonyl (C=O) groups is 1. The molecule has 0 heterocycles. The molecule has 0 radical (unpaired) electrons. The highest BCUT2D eigenvalue weighted by molar-refractivity contribution is 5.94. The number of hydrogen-bond donors (Lipinski definition) is 2. The molecule has 0 aliphatic rings. The molecule has 0 saturated heterocycles. The summed E-state index contributed by atoms with van der Waals surface area (Å²) in [6.45, 7) is 4.90. The third kappa shape index (κ3) is 6.39. The van der Waals surface area contributed by atoms with Gasteiger partial charge in [-0.1, -0.05) is 48.5 Å². The van der Waals surface area contributed by atoms with Crippen molar-refractivity contribution >= 4 is 17.3 Å². The van der Waals surface area contributed by atoms with Gasteiger partial charge in [0.1, 0.15) is 5.75 Å². The summed E-state index contributed by atoms with van der Waals surface area (Å²) < 4.78 is 5.86. The summed E-state index contributed by atoms with van der Waals surface area (Å²) in [5.41, 5.74) is 5.29. The van der Waals surface area contributed by atoms with Gasteiger partial charge in [-0.25, -0.2) is 0 Å². The average molecular weight is 389 g/mol. The molecule has 29 heavy (non-hydrogen) atoms. The van der Waals surface area contributed by atoms with Crippen LogP contribution < -0.4 is 15.4 Å². The van der Waals surface area contributed by atoms with E-state index in [-0.39, 0.29) is 12.5 Å². The summed E-state index contributed by atoms with van der Waals surface area (Å²) in [7, 11) is 0. The second-order valence-electron chi connectivity index (χ2n) is 7.11. The first kappa shape index (κ1) is 20.5. The van der Waals surface area contributed by atoms with Crippen LogP contribution >= 0.6 is 0 Å². The van der Waals surface area contributed by atoms with E-state index in [1.165, 1.54) is 5.56 Å². The Morgan fingerprint density at radius 1 is 0.931 bits per heavy atom. The predicted octanol–water partition coefficient (Wildman–Crippen LogP) is 5.37. The minimum Gasteiger partial charge on any atom is -0.494 e. The van der Waals surface area contributed by atoms with Crippen molar-refractivity contribution in [3.05, 3.63) is 89.5 Å². The molecule has 0 bridgehead atoms. The summed E-state index contributed by atoms with van der Waals surface area (Å²) in [6, 6.07) is 24.0. The second-order valence-corrected chi connectivity index (χ2v) is 7.11. The molecule has 4 heteroatoms. The average Bonchev–Trinajstić information content (AvgIpc) is 2.74. The number of carbonyl (C=O) groups excluding carboxylic acids is 1. The van der Waals surface area contributed by atoms with Crippen LogP contribution in [-0.4, -0.2) is 19.1 Å². The van der Waals surface area contributed by atoms with Gasteiger partial charge < -0.3 is 15.4 Å². The summed E-state index contributed by atoms with van der Waals surface area (Å²) in [4.78, 5) is 12.3. The van der Waals surface area contributed by atoms with Crippen LogP contribution in [0.1, 0.15) is 23.1 Å². The number of anilines is 2. The molecular formula is C25H28N2O2. The molecule has 0 unspecified atom stereocenters. The smallest absolute Gasteiger partial charge is 0.243 e. The standard InChI is InChI=1S/C25H28N2O2/c1-19-9-6-15-24(20(19)2)27-25(28)18-26-22-13-7-14-23(17-22)29-16-8-12-21-10-4-3-5-11-21/h3-7,9-11,13-15,17,26H,8,12,16,18H2,1-2H3,(H,27,28). The molecule has 3 aromatic carbocycles. The van der Waals surface area contributed by atoms with Crippen molar-refractivity contribution in [2.24, 2.45) is 0 Å². The number of benzene rings is 3. The highest BCUT2D eigenvalue weighted by Gasteiger charge is 2.06. The highest BCUT2D eigenvalue weighted by Crippen LogP contribution is 2.19. The Kier molecular flexibility index (Phi) is 7.28. The number of amides is 1. The molecule has 0 aromatic heterocycles. The van der Waals surface area contributed by atoms with Gasteiger partial charge >= 0.3 is 0 Å². The van der Waals surface area contributed by atoms with Crippen molar-refractivity contribution in [2.75, 3.05) is 23.8 Å². The molecule has 4 nitrogen and oxygen atoms in total. The lowest BCUT2D eigenvalue weighted by molar-refractivity contribution is -0.114. The maximum atomic E-state index is 12.3. The Hall–Kier alpha value is -3.27. The van der Waals surface area contributed by atoms with Crippen LogP contribution in [0.15, 0.2) is 72.8 Å². The van der Waals surface area contributed by atoms with E-state index in [1.54, 1.807) is 0 Å². The third-order valence-electron chi connectivity index (χ3n) is 4.89. The molecule has 0 aliphatic heterocycles. The fourth-order valence-electron chi connectivity index (χ4n) is 3.07. The molecule has 0 atom stereocenters. The Bertz CT molecular complexity index is 939. The van der Waals surface area contributed by atoms with E-state index in [4.69, 9.17) is 4.74 Å². The van der Waals surface area contributed by atoms with Gasteiger partial charge in [0, 0.05) is 17.4 Å². The first-order valence-electron chi connectivity index (χ1n) is 9.98. The van der Waals surface area contributed by atoms with E-state index in [0.29, 0.717) is 6.61 Å². The number of ether oxygens (including phenoxy) is 1. The van der Waals surface area contributed by atoms with E-state index in [9.17, 15) is 4.79 Å². The van der Waals surface area contributed by atoms with E-state index in [0.717, 1.165) is 41.1 Å². The molecule has 3 rings (SSSR count). The van der Waals surface area contributed by atoms with E-state index < -0.39 is 0 Å². The zero-order valence-corrected chi connectivity index (χ0v) is 17.1. The molecule has 3 aromatic rings. The van der Waals surface area contributed by atoms with Gasteiger partial charge in [-0.2, -0.15) is 0 Å². The Labute approximate surface area is 172 Å². The Morgan fingerprint density at radius 3 is 2.55 bits per heavy atom. The summed E-state index contributed by atoms with van der Waals surface area (Å²) in [5, 5.41) is 6.12. The number of nitrogens with one attached hydrogen (secondary N) is 2. The first-order valence-corrected chi connectivity index (χ1v) is 9.98. The minimum absolute atomic E-state index is 0.0760. The third-order valence-corrected chi connectivity index (χ3v) is 4.89. The van der Waals surface area contributed by atoms with Gasteiger partial charge in [0.2, 0.25) is 5.91 Å². The van der Waals surface area contributed by atoms with Gasteiger partial charge in [-0.05, 0) is 61.6 Å². The van der Waals surface area contributed by atoms with Gasteiger partial charge in [0.15, 0.2) is 0 Å². The fraction of sp³-hybridized carbons (Fsp3) is 0.240. The second kappa shape index (κ2) is 10.3. The predicted molar refractivity (Wildman–Crippen MR) is 120 cm³/mol. The lowest BCUT2D eigenvalue weighted by Crippen LogP contribution is -2.22. The van der Waals surface area contributed by atoms with Crippen LogP contribution in [0.5, 0.6) is 5.75 Å². The van der Waals surface area contributed by atoms with E-state index in [2.05, 4.69) is 34.9 Å². The monoisotopic (exact) mass is 388 g/mol. The van der Waals surface area contributed by atoms with Crippen molar-refractivity contribution in [1.29, 1.82) is 0 Å². The topological polar surface area (TPSA) is 50.4 Å². The zero-order valence-electron chi connectivity index (χ0n) is 17.1. The van der Waals surface area contributed by atoms with Crippen LogP contribution in [-0.2, 0) is 11.2 Å². The minimum atomic E-state index is -0.0760. The Morgan fingerprint density at radius 2 is 1.72 bits per heavy atom. The summed E-state index contributed by atoms with van der Waals surface area (Å²) in [6.07, 6.45) is 1.96. The van der Waals surface area contributed by atoms with Crippen LogP contribution in [0.25, 0.3) is 0 Å². The Balaban J connectivity index is 1.44. The molecule has 0 aliphatic carbocycles. The van der Waals surface area contributed by atoms with Crippen LogP contribution in [0.2, 0.25) is 0 Å². The molecule has 150 valence electrons. The molecule has 0 saturated carbocycles. The van der Waals surface area contributed by atoms with Gasteiger partial charge in [-0.3, -0.25) is 4.79 Å². The van der Waals surface area contributed by atoms with Gasteiger partial charge in [-0.15, -0.1) is 0 Å². The van der Waals surface area contributed by atoms with Crippen molar-refractivity contribution in [3.63, 3.8) is 0 Å². The van der Waals surface area contributed by atoms with Crippen molar-refractivity contribution in [3.8, 4) is 5.75 Å². The van der Waals surface area contributed by atoms with Gasteiger partial charge in [0.25, 0.3) is 0 Å². The van der Waals surface area contributed by atoms with E-state index >= 15 is 0 Å². The molecule has 0 fully saturated rings. The van der Waals surface area contributed by atoms with Crippen LogP contribution in [0, 0.1) is 13.8 Å². The lowest BCUT2D eigenvalue weighted by Gasteiger charge is -2.12. The maximum Gasteiger partial charge on any atom is 0.243 e. The fourth-order valence-corrected chi connectivity index (χ4v) is 3.07. The quantitative estimate of drug-likeness (QED) is 0.485. The largest absolute Gasteiger partial charge is 0.494 e. The lowest BCUT2D eigenvalue weighted by atomic mass is 10.1. The van der Waals surface area contributed by atoms with Crippen molar-refractivity contribution < 1.29 is 9.53 Å². The van der Waals surface area contributed by atoms with E-state index in [1.807, 2.05) is 62.4 Å². The zero-order chi connectivity index (χ0) is 20.5. The SMILES string of the molecule is Cc1cccc(NC(=O)CNc2cccc(OCCCc3ccccc3)c2)c1C. The first-order chi connectivity index (χ1) is 14.1. The van der Waals surface area contributed by atoms with Gasteiger partial charge in [0.05, 0.1) is 13.2 Å². The number of rotatable bonds is 9. The molecule has 1 amide bonds. The van der Waals surface area contributed by atoms with Crippen LogP contribution in [0.3, 0.4) is 0 Å². The molecule has 0 spiro atoms. The number of hydrogen-bond acceptors (Lipinski definition) is 3. The van der Waals surface area contributed by atoms with Crippen molar-refractivity contribution in [1.82, 2.24) is 0 Å². The molecular weight excluding hydrogens is 360 g/mol. The normalized spacial score (nSPS) is 10.4. The summed E-state index contributed by atoms with van der Waals surface area (Å²) >= 11 is 0. The van der Waals surface area contributed by atoms with Crippen molar-refractivity contribution in [2.45, 2.75) is 26.7 Å². The highest BCUT2D eigenvalue weighted by atomic mass is 16.5. The number of aryl methyl sites for hydroxylation is 2.